The number of amides is 2. The summed E-state index contributed by atoms with van der Waals surface area (Å²) in [6.45, 7) is 1.99. The second-order valence-electron chi connectivity index (χ2n) is 8.45. The Labute approximate surface area is 224 Å². The molecule has 6 nitrogen and oxygen atoms in total. The summed E-state index contributed by atoms with van der Waals surface area (Å²) in [5, 5.41) is 8.70. The number of alkyl halides is 3. The Morgan fingerprint density at radius 3 is 2.36 bits per heavy atom. The smallest absolute Gasteiger partial charge is 0.374 e. The average molecular weight is 583 g/mol. The SMILES string of the molecule is CCNC(=O)CNC(=O)c1sc(C2=NO[C@@](c3cc(Cl)c(Cl)c(Cl)c3)(C(F)(F)F)C2)c2c1CCCC2. The minimum Gasteiger partial charge on any atom is -0.374 e. The molecule has 0 bridgehead atoms. The zero-order chi connectivity index (χ0) is 26.3. The molecule has 36 heavy (non-hydrogen) atoms. The van der Waals surface area contributed by atoms with Crippen molar-refractivity contribution in [1.29, 1.82) is 0 Å². The van der Waals surface area contributed by atoms with Crippen molar-refractivity contribution in [3.8, 4) is 0 Å². The van der Waals surface area contributed by atoms with Crippen molar-refractivity contribution in [2.24, 2.45) is 5.16 Å². The van der Waals surface area contributed by atoms with E-state index in [2.05, 4.69) is 15.8 Å². The lowest BCUT2D eigenvalue weighted by Gasteiger charge is -2.30. The van der Waals surface area contributed by atoms with Crippen LogP contribution in [0.15, 0.2) is 17.3 Å². The van der Waals surface area contributed by atoms with E-state index in [1.165, 1.54) is 0 Å². The topological polar surface area (TPSA) is 79.8 Å². The first-order chi connectivity index (χ1) is 17.0. The van der Waals surface area contributed by atoms with E-state index < -0.39 is 24.1 Å². The first-order valence-corrected chi connectivity index (χ1v) is 13.1. The standard InChI is InChI=1S/C23H21Cl3F3N3O3S/c1-2-30-17(33)10-31-21(34)20-13-6-4-3-5-12(13)19(36-20)16-9-22(35-32-16,23(27,28)29)11-7-14(24)18(26)15(25)8-11/h7-8H,2-6,9-10H2,1H3,(H,30,33)(H,31,34)/t22-/m0/s1. The van der Waals surface area contributed by atoms with Crippen LogP contribution in [0.5, 0.6) is 0 Å². The molecule has 0 fully saturated rings. The van der Waals surface area contributed by atoms with Crippen LogP contribution in [0.3, 0.4) is 0 Å². The molecule has 1 aromatic heterocycles. The maximum Gasteiger partial charge on any atom is 0.435 e. The first kappa shape index (κ1) is 27.0. The monoisotopic (exact) mass is 581 g/mol. The molecular weight excluding hydrogens is 562 g/mol. The van der Waals surface area contributed by atoms with Gasteiger partial charge < -0.3 is 15.5 Å². The quantitative estimate of drug-likeness (QED) is 0.408. The van der Waals surface area contributed by atoms with Gasteiger partial charge in [0, 0.05) is 12.1 Å². The van der Waals surface area contributed by atoms with Gasteiger partial charge in [0.15, 0.2) is 0 Å². The number of fused-ring (bicyclic) bond motifs is 1. The largest absolute Gasteiger partial charge is 0.435 e. The van der Waals surface area contributed by atoms with E-state index in [4.69, 9.17) is 39.6 Å². The highest BCUT2D eigenvalue weighted by molar-refractivity contribution is 7.16. The number of thiophene rings is 1. The minimum absolute atomic E-state index is 0.0610. The van der Waals surface area contributed by atoms with E-state index in [1.807, 2.05) is 0 Å². The lowest BCUT2D eigenvalue weighted by atomic mass is 9.85. The number of halogens is 6. The van der Waals surface area contributed by atoms with Crippen LogP contribution in [0.25, 0.3) is 0 Å². The Hall–Kier alpha value is -2.01. The molecule has 2 heterocycles. The fourth-order valence-electron chi connectivity index (χ4n) is 4.36. The summed E-state index contributed by atoms with van der Waals surface area (Å²) in [5.41, 5.74) is -1.48. The summed E-state index contributed by atoms with van der Waals surface area (Å²) in [7, 11) is 0. The molecular formula is C23H21Cl3F3N3O3S. The summed E-state index contributed by atoms with van der Waals surface area (Å²) < 4.78 is 43.3. The van der Waals surface area contributed by atoms with Crippen LogP contribution < -0.4 is 10.6 Å². The molecule has 194 valence electrons. The fraction of sp³-hybridized carbons (Fsp3) is 0.435. The van der Waals surface area contributed by atoms with Crippen LogP contribution in [-0.2, 0) is 28.1 Å². The normalized spacial score (nSPS) is 19.4. The fourth-order valence-corrected chi connectivity index (χ4v) is 6.25. The molecule has 4 rings (SSSR count). The van der Waals surface area contributed by atoms with Gasteiger partial charge in [-0.25, -0.2) is 0 Å². The number of carbonyl (C=O) groups is 2. The first-order valence-electron chi connectivity index (χ1n) is 11.1. The Morgan fingerprint density at radius 2 is 1.75 bits per heavy atom. The number of carbonyl (C=O) groups excluding carboxylic acids is 2. The lowest BCUT2D eigenvalue weighted by molar-refractivity contribution is -0.275. The van der Waals surface area contributed by atoms with Gasteiger partial charge >= 0.3 is 6.18 Å². The van der Waals surface area contributed by atoms with Crippen molar-refractivity contribution in [1.82, 2.24) is 10.6 Å². The third-order valence-corrected chi connectivity index (χ3v) is 8.63. The highest BCUT2D eigenvalue weighted by Crippen LogP contribution is 2.51. The van der Waals surface area contributed by atoms with Crippen molar-refractivity contribution in [3.63, 3.8) is 0 Å². The molecule has 1 aliphatic heterocycles. The Morgan fingerprint density at radius 1 is 1.11 bits per heavy atom. The number of likely N-dealkylation sites (N-methyl/N-ethyl adjacent to an activating group) is 1. The molecule has 0 spiro atoms. The van der Waals surface area contributed by atoms with Gasteiger partial charge in [-0.2, -0.15) is 13.2 Å². The van der Waals surface area contributed by atoms with E-state index >= 15 is 0 Å². The number of benzene rings is 1. The summed E-state index contributed by atoms with van der Waals surface area (Å²) in [6.07, 6.45) is -2.60. The van der Waals surface area contributed by atoms with Crippen molar-refractivity contribution in [3.05, 3.63) is 53.6 Å². The second-order valence-corrected chi connectivity index (χ2v) is 10.7. The van der Waals surface area contributed by atoms with Crippen molar-refractivity contribution in [2.75, 3.05) is 13.1 Å². The minimum atomic E-state index is -4.86. The number of hydrogen-bond acceptors (Lipinski definition) is 5. The summed E-state index contributed by atoms with van der Waals surface area (Å²) in [4.78, 5) is 30.6. The Kier molecular flexibility index (Phi) is 7.81. The number of hydrogen-bond donors (Lipinski definition) is 2. The van der Waals surface area contributed by atoms with Crippen molar-refractivity contribution >= 4 is 63.7 Å². The van der Waals surface area contributed by atoms with E-state index in [-0.39, 0.29) is 38.8 Å². The molecule has 0 unspecified atom stereocenters. The van der Waals surface area contributed by atoms with Gasteiger partial charge in [0.05, 0.1) is 37.8 Å². The lowest BCUT2D eigenvalue weighted by Crippen LogP contribution is -2.42. The molecule has 2 aromatic rings. The Balaban J connectivity index is 1.69. The number of nitrogens with one attached hydrogen (secondary N) is 2. The second kappa shape index (κ2) is 10.4. The third kappa shape index (κ3) is 4.92. The van der Waals surface area contributed by atoms with Gasteiger partial charge in [0.1, 0.15) is 5.71 Å². The van der Waals surface area contributed by atoms with Crippen LogP contribution in [0, 0.1) is 0 Å². The highest BCUT2D eigenvalue weighted by Gasteiger charge is 2.62. The van der Waals surface area contributed by atoms with E-state index in [0.29, 0.717) is 29.1 Å². The van der Waals surface area contributed by atoms with E-state index in [9.17, 15) is 22.8 Å². The summed E-state index contributed by atoms with van der Waals surface area (Å²) in [5.74, 6) is -0.783. The molecule has 2 aliphatic rings. The van der Waals surface area contributed by atoms with Gasteiger partial charge in [-0.3, -0.25) is 9.59 Å². The predicted molar refractivity (Wildman–Crippen MR) is 133 cm³/mol. The molecule has 1 aliphatic carbocycles. The average Bonchev–Trinajstić information content (AvgIpc) is 3.44. The van der Waals surface area contributed by atoms with Gasteiger partial charge in [-0.1, -0.05) is 40.0 Å². The van der Waals surface area contributed by atoms with Crippen LogP contribution in [-0.4, -0.2) is 36.8 Å². The maximum atomic E-state index is 14.4. The number of nitrogens with zero attached hydrogens (tertiary/aromatic N) is 1. The molecule has 1 atom stereocenters. The summed E-state index contributed by atoms with van der Waals surface area (Å²) >= 11 is 19.0. The zero-order valence-electron chi connectivity index (χ0n) is 19.0. The molecule has 13 heteroatoms. The van der Waals surface area contributed by atoms with Gasteiger partial charge in [0.2, 0.25) is 5.91 Å². The summed E-state index contributed by atoms with van der Waals surface area (Å²) in [6, 6.07) is 2.15. The van der Waals surface area contributed by atoms with Crippen LogP contribution >= 0.6 is 46.1 Å². The molecule has 0 saturated heterocycles. The number of oxime groups is 1. The maximum absolute atomic E-state index is 14.4. The van der Waals surface area contributed by atoms with Crippen molar-refractivity contribution < 1.29 is 27.6 Å². The van der Waals surface area contributed by atoms with Crippen LogP contribution in [0.4, 0.5) is 13.2 Å². The molecule has 2 amide bonds. The van der Waals surface area contributed by atoms with Gasteiger partial charge in [-0.15, -0.1) is 11.3 Å². The van der Waals surface area contributed by atoms with Crippen LogP contribution in [0.1, 0.15) is 57.4 Å². The molecule has 0 saturated carbocycles. The van der Waals surface area contributed by atoms with Crippen LogP contribution in [0.2, 0.25) is 15.1 Å². The molecule has 2 N–H and O–H groups in total. The Bertz CT molecular complexity index is 1230. The highest BCUT2D eigenvalue weighted by atomic mass is 35.5. The van der Waals surface area contributed by atoms with E-state index in [0.717, 1.165) is 47.4 Å². The molecule has 0 radical (unpaired) electrons. The zero-order valence-corrected chi connectivity index (χ0v) is 22.0. The third-order valence-electron chi connectivity index (χ3n) is 6.11. The van der Waals surface area contributed by atoms with Gasteiger partial charge in [-0.05, 0) is 55.9 Å². The predicted octanol–water partition coefficient (Wildman–Crippen LogP) is 6.04. The van der Waals surface area contributed by atoms with E-state index in [1.54, 1.807) is 6.92 Å². The van der Waals surface area contributed by atoms with Crippen molar-refractivity contribution in [2.45, 2.75) is 50.8 Å². The molecule has 1 aromatic carbocycles. The number of rotatable bonds is 6. The van der Waals surface area contributed by atoms with Gasteiger partial charge in [0.25, 0.3) is 11.5 Å².